The predicted molar refractivity (Wildman–Crippen MR) is 120 cm³/mol. The molecular weight excluding hydrogens is 400 g/mol. The van der Waals surface area contributed by atoms with E-state index in [2.05, 4.69) is 15.3 Å². The van der Waals surface area contributed by atoms with E-state index in [1.165, 1.54) is 0 Å². The molecule has 10 heteroatoms. The summed E-state index contributed by atoms with van der Waals surface area (Å²) in [4.78, 5) is 34.2. The molecule has 0 unspecified atom stereocenters. The highest BCUT2D eigenvalue weighted by Gasteiger charge is 2.29. The Morgan fingerprint density at radius 2 is 1.87 bits per heavy atom. The number of carbonyl (C=O) groups is 1. The fourth-order valence-electron chi connectivity index (χ4n) is 2.89. The summed E-state index contributed by atoms with van der Waals surface area (Å²) in [7, 11) is 0. The van der Waals surface area contributed by atoms with Gasteiger partial charge in [0.1, 0.15) is 17.8 Å². The first-order valence-corrected chi connectivity index (χ1v) is 10.1. The minimum absolute atomic E-state index is 0.0341. The highest BCUT2D eigenvalue weighted by Crippen LogP contribution is 2.25. The van der Waals surface area contributed by atoms with Crippen LogP contribution in [0.3, 0.4) is 0 Å². The Labute approximate surface area is 182 Å². The average Bonchev–Trinajstić information content (AvgIpc) is 2.68. The van der Waals surface area contributed by atoms with Crippen LogP contribution in [-0.4, -0.2) is 45.6 Å². The van der Waals surface area contributed by atoms with Crippen molar-refractivity contribution in [3.05, 3.63) is 46.1 Å². The molecule has 0 saturated heterocycles. The van der Waals surface area contributed by atoms with E-state index in [0.29, 0.717) is 24.7 Å². The van der Waals surface area contributed by atoms with Crippen LogP contribution in [0.25, 0.3) is 0 Å². The Hall–Kier alpha value is -3.43. The second-order valence-electron chi connectivity index (χ2n) is 8.01. The number of nitrogens with zero attached hydrogens (tertiary/aromatic N) is 4. The maximum atomic E-state index is 12.9. The van der Waals surface area contributed by atoms with Crippen molar-refractivity contribution in [2.24, 2.45) is 0 Å². The monoisotopic (exact) mass is 430 g/mol. The number of nitro groups is 1. The largest absolute Gasteiger partial charge is 0.458 e. The normalized spacial score (nSPS) is 12.2. The van der Waals surface area contributed by atoms with Crippen molar-refractivity contribution in [3.63, 3.8) is 0 Å². The lowest BCUT2D eigenvalue weighted by molar-refractivity contribution is -0.384. The molecule has 3 N–H and O–H groups in total. The highest BCUT2D eigenvalue weighted by molar-refractivity contribution is 5.81. The topological polar surface area (TPSA) is 137 Å². The van der Waals surface area contributed by atoms with Gasteiger partial charge in [-0.1, -0.05) is 12.1 Å². The molecule has 31 heavy (non-hydrogen) atoms. The first kappa shape index (κ1) is 23.8. The van der Waals surface area contributed by atoms with Crippen LogP contribution in [0, 0.1) is 10.1 Å². The van der Waals surface area contributed by atoms with E-state index in [1.807, 2.05) is 18.7 Å². The van der Waals surface area contributed by atoms with Gasteiger partial charge in [0.15, 0.2) is 0 Å². The van der Waals surface area contributed by atoms with Gasteiger partial charge < -0.3 is 20.7 Å². The van der Waals surface area contributed by atoms with Gasteiger partial charge in [-0.2, -0.15) is 4.98 Å². The van der Waals surface area contributed by atoms with Gasteiger partial charge in [0.25, 0.3) is 0 Å². The van der Waals surface area contributed by atoms with E-state index in [-0.39, 0.29) is 17.9 Å². The molecule has 1 atom stereocenters. The van der Waals surface area contributed by atoms with E-state index in [9.17, 15) is 14.9 Å². The molecule has 0 aliphatic heterocycles. The number of benzene rings is 1. The van der Waals surface area contributed by atoms with Crippen LogP contribution < -0.4 is 16.0 Å². The number of anilines is 3. The second-order valence-corrected chi connectivity index (χ2v) is 8.01. The zero-order valence-corrected chi connectivity index (χ0v) is 18.6. The maximum absolute atomic E-state index is 12.9. The summed E-state index contributed by atoms with van der Waals surface area (Å²) < 4.78 is 5.54. The summed E-state index contributed by atoms with van der Waals surface area (Å²) in [6.45, 7) is 10.4. The molecule has 1 heterocycles. The predicted octanol–water partition coefficient (Wildman–Crippen LogP) is 3.18. The Morgan fingerprint density at radius 3 is 2.39 bits per heavy atom. The van der Waals surface area contributed by atoms with Crippen LogP contribution in [0.4, 0.5) is 23.1 Å². The third kappa shape index (κ3) is 6.80. The molecule has 0 aliphatic carbocycles. The minimum Gasteiger partial charge on any atom is -0.458 e. The molecule has 10 nitrogen and oxygen atoms in total. The minimum atomic E-state index is -0.902. The van der Waals surface area contributed by atoms with Crippen molar-refractivity contribution in [1.29, 1.82) is 0 Å². The van der Waals surface area contributed by atoms with Crippen LogP contribution in [0.1, 0.15) is 40.2 Å². The van der Waals surface area contributed by atoms with Crippen LogP contribution in [-0.2, 0) is 16.0 Å². The van der Waals surface area contributed by atoms with Crippen LogP contribution in [0.2, 0.25) is 0 Å². The van der Waals surface area contributed by atoms with E-state index >= 15 is 0 Å². The number of nitrogens with two attached hydrogens (primary N) is 1. The van der Waals surface area contributed by atoms with E-state index in [1.54, 1.807) is 45.0 Å². The van der Waals surface area contributed by atoms with Gasteiger partial charge in [0, 0.05) is 25.2 Å². The standard InChI is InChI=1S/C21H30N6O4/c1-6-26(7-2)20-23-13-17(27(29)30)18(25-20)24-16(19(28)31-21(3,4)5)12-14-8-10-15(22)11-9-14/h8-11,13,16H,6-7,12,22H2,1-5H3,(H,23,24,25)/t16-/m0/s1. The van der Waals surface area contributed by atoms with Gasteiger partial charge in [-0.25, -0.2) is 9.78 Å². The molecule has 2 aromatic rings. The fourth-order valence-corrected chi connectivity index (χ4v) is 2.89. The zero-order chi connectivity index (χ0) is 23.2. The van der Waals surface area contributed by atoms with Crippen molar-refractivity contribution in [2.75, 3.05) is 29.0 Å². The Balaban J connectivity index is 2.43. The van der Waals surface area contributed by atoms with Gasteiger partial charge in [0.2, 0.25) is 11.8 Å². The summed E-state index contributed by atoms with van der Waals surface area (Å²) >= 11 is 0. The van der Waals surface area contributed by atoms with E-state index < -0.39 is 22.5 Å². The third-order valence-electron chi connectivity index (χ3n) is 4.42. The molecule has 1 aromatic carbocycles. The van der Waals surface area contributed by atoms with Crippen LogP contribution in [0.15, 0.2) is 30.5 Å². The summed E-state index contributed by atoms with van der Waals surface area (Å²) in [6.07, 6.45) is 1.38. The maximum Gasteiger partial charge on any atom is 0.329 e. The molecule has 0 spiro atoms. The lowest BCUT2D eigenvalue weighted by atomic mass is 10.0. The summed E-state index contributed by atoms with van der Waals surface area (Å²) in [5.74, 6) is -0.233. The lowest BCUT2D eigenvalue weighted by Crippen LogP contribution is -2.38. The van der Waals surface area contributed by atoms with E-state index in [0.717, 1.165) is 11.8 Å². The number of aromatic nitrogens is 2. The van der Waals surface area contributed by atoms with Gasteiger partial charge in [-0.3, -0.25) is 10.1 Å². The number of rotatable bonds is 9. The molecule has 0 saturated carbocycles. The molecule has 168 valence electrons. The first-order chi connectivity index (χ1) is 14.5. The molecule has 0 bridgehead atoms. The molecule has 1 aromatic heterocycles. The average molecular weight is 431 g/mol. The van der Waals surface area contributed by atoms with E-state index in [4.69, 9.17) is 10.5 Å². The molecule has 0 fully saturated rings. The van der Waals surface area contributed by atoms with Crippen molar-refractivity contribution >= 4 is 29.1 Å². The fraction of sp³-hybridized carbons (Fsp3) is 0.476. The van der Waals surface area contributed by atoms with Gasteiger partial charge >= 0.3 is 11.7 Å². The number of hydrogen-bond acceptors (Lipinski definition) is 9. The number of nitrogens with one attached hydrogen (secondary N) is 1. The van der Waals surface area contributed by atoms with Crippen LogP contribution in [0.5, 0.6) is 0 Å². The Kier molecular flexibility index (Phi) is 7.73. The van der Waals surface area contributed by atoms with Gasteiger partial charge in [-0.05, 0) is 52.3 Å². The lowest BCUT2D eigenvalue weighted by Gasteiger charge is -2.25. The first-order valence-electron chi connectivity index (χ1n) is 10.1. The molecular formula is C21H30N6O4. The molecule has 0 aliphatic rings. The smallest absolute Gasteiger partial charge is 0.329 e. The Bertz CT molecular complexity index is 907. The molecule has 2 rings (SSSR count). The zero-order valence-electron chi connectivity index (χ0n) is 18.6. The quantitative estimate of drug-likeness (QED) is 0.266. The number of carbonyl (C=O) groups excluding carboxylic acids is 1. The third-order valence-corrected chi connectivity index (χ3v) is 4.42. The van der Waals surface area contributed by atoms with Crippen molar-refractivity contribution < 1.29 is 14.5 Å². The second kappa shape index (κ2) is 10.1. The van der Waals surface area contributed by atoms with Gasteiger partial charge in [-0.15, -0.1) is 0 Å². The van der Waals surface area contributed by atoms with Crippen molar-refractivity contribution in [3.8, 4) is 0 Å². The number of hydrogen-bond donors (Lipinski definition) is 2. The van der Waals surface area contributed by atoms with Crippen molar-refractivity contribution in [2.45, 2.75) is 52.7 Å². The van der Waals surface area contributed by atoms with Gasteiger partial charge in [0.05, 0.1) is 4.92 Å². The highest BCUT2D eigenvalue weighted by atomic mass is 16.6. The molecule has 0 amide bonds. The summed E-state index contributed by atoms with van der Waals surface area (Å²) in [6, 6.07) is 6.15. The number of nitrogen functional groups attached to an aromatic ring is 1. The molecule has 0 radical (unpaired) electrons. The van der Waals surface area contributed by atoms with Crippen LogP contribution >= 0.6 is 0 Å². The number of ether oxygens (including phenoxy) is 1. The summed E-state index contributed by atoms with van der Waals surface area (Å²) in [5.41, 5.74) is 6.12. The SMILES string of the molecule is CCN(CC)c1ncc([N+](=O)[O-])c(N[C@@H](Cc2ccc(N)cc2)C(=O)OC(C)(C)C)n1. The van der Waals surface area contributed by atoms with Crippen molar-refractivity contribution in [1.82, 2.24) is 9.97 Å². The Morgan fingerprint density at radius 1 is 1.26 bits per heavy atom. The number of esters is 1. The summed E-state index contributed by atoms with van der Waals surface area (Å²) in [5, 5.41) is 14.5.